The second-order valence-corrected chi connectivity index (χ2v) is 3.04. The van der Waals surface area contributed by atoms with E-state index in [-0.39, 0.29) is 12.4 Å². The van der Waals surface area contributed by atoms with E-state index >= 15 is 0 Å². The van der Waals surface area contributed by atoms with Crippen LogP contribution in [0.3, 0.4) is 0 Å². The lowest BCUT2D eigenvalue weighted by molar-refractivity contribution is 0.415. The molecule has 5 nitrogen and oxygen atoms in total. The molecule has 0 aliphatic heterocycles. The third-order valence-electron chi connectivity index (χ3n) is 2.07. The van der Waals surface area contributed by atoms with Crippen LogP contribution in [0.15, 0.2) is 24.3 Å². The van der Waals surface area contributed by atoms with E-state index in [1.807, 2.05) is 24.3 Å². The SMILES string of the molecule is COc1ccc(-c2n[nH]c(CN)n2)cc1.Cl. The van der Waals surface area contributed by atoms with Crippen LogP contribution in [-0.4, -0.2) is 22.3 Å². The van der Waals surface area contributed by atoms with Gasteiger partial charge in [-0.25, -0.2) is 4.98 Å². The predicted octanol–water partition coefficient (Wildman–Crippen LogP) is 1.36. The van der Waals surface area contributed by atoms with Gasteiger partial charge in [-0.1, -0.05) is 0 Å². The van der Waals surface area contributed by atoms with E-state index in [0.717, 1.165) is 11.3 Å². The highest BCUT2D eigenvalue weighted by Gasteiger charge is 2.04. The molecule has 0 amide bonds. The Morgan fingerprint density at radius 1 is 1.31 bits per heavy atom. The van der Waals surface area contributed by atoms with Crippen molar-refractivity contribution in [3.63, 3.8) is 0 Å². The lowest BCUT2D eigenvalue weighted by Gasteiger charge is -1.99. The molecule has 3 N–H and O–H groups in total. The molecule has 16 heavy (non-hydrogen) atoms. The van der Waals surface area contributed by atoms with E-state index in [1.165, 1.54) is 0 Å². The van der Waals surface area contributed by atoms with Gasteiger partial charge in [-0.2, -0.15) is 5.10 Å². The second-order valence-electron chi connectivity index (χ2n) is 3.04. The van der Waals surface area contributed by atoms with Gasteiger partial charge in [0.2, 0.25) is 0 Å². The number of nitrogens with two attached hydrogens (primary N) is 1. The summed E-state index contributed by atoms with van der Waals surface area (Å²) >= 11 is 0. The number of aromatic nitrogens is 3. The summed E-state index contributed by atoms with van der Waals surface area (Å²) in [5.41, 5.74) is 6.37. The van der Waals surface area contributed by atoms with Gasteiger partial charge in [0.25, 0.3) is 0 Å². The van der Waals surface area contributed by atoms with Crippen molar-refractivity contribution >= 4 is 12.4 Å². The molecule has 0 radical (unpaired) electrons. The zero-order valence-corrected chi connectivity index (χ0v) is 9.62. The molecule has 0 saturated heterocycles. The standard InChI is InChI=1S/C10H12N4O.ClH/c1-15-8-4-2-7(3-5-8)10-12-9(6-11)13-14-10;/h2-5H,6,11H2,1H3,(H,12,13,14);1H. The molecule has 1 aromatic carbocycles. The summed E-state index contributed by atoms with van der Waals surface area (Å²) in [6, 6.07) is 7.55. The Labute approximate surface area is 99.4 Å². The van der Waals surface area contributed by atoms with E-state index in [9.17, 15) is 0 Å². The lowest BCUT2D eigenvalue weighted by Crippen LogP contribution is -1.97. The number of hydrogen-bond acceptors (Lipinski definition) is 4. The zero-order chi connectivity index (χ0) is 10.7. The van der Waals surface area contributed by atoms with E-state index in [2.05, 4.69) is 15.2 Å². The first kappa shape index (κ1) is 12.5. The van der Waals surface area contributed by atoms with Gasteiger partial charge in [-0.05, 0) is 24.3 Å². The summed E-state index contributed by atoms with van der Waals surface area (Å²) in [5, 5.41) is 6.82. The highest BCUT2D eigenvalue weighted by atomic mass is 35.5. The molecule has 0 atom stereocenters. The second kappa shape index (κ2) is 5.48. The number of hydrogen-bond donors (Lipinski definition) is 2. The first-order chi connectivity index (χ1) is 7.33. The van der Waals surface area contributed by atoms with E-state index in [1.54, 1.807) is 7.11 Å². The van der Waals surface area contributed by atoms with Gasteiger partial charge in [0, 0.05) is 5.56 Å². The highest BCUT2D eigenvalue weighted by molar-refractivity contribution is 5.85. The summed E-state index contributed by atoms with van der Waals surface area (Å²) in [6.45, 7) is 0.364. The fourth-order valence-electron chi connectivity index (χ4n) is 1.26. The average Bonchev–Trinajstić information content (AvgIpc) is 2.78. The number of nitrogens with one attached hydrogen (secondary N) is 1. The number of aromatic amines is 1. The molecule has 0 fully saturated rings. The Bertz CT molecular complexity index is 440. The van der Waals surface area contributed by atoms with Crippen molar-refractivity contribution in [3.05, 3.63) is 30.1 Å². The van der Waals surface area contributed by atoms with Crippen molar-refractivity contribution in [2.24, 2.45) is 5.73 Å². The molecule has 2 aromatic rings. The number of methoxy groups -OCH3 is 1. The first-order valence-corrected chi connectivity index (χ1v) is 4.59. The molecule has 6 heteroatoms. The van der Waals surface area contributed by atoms with Gasteiger partial charge in [-0.3, -0.25) is 5.10 Å². The maximum absolute atomic E-state index is 5.43. The van der Waals surface area contributed by atoms with Crippen LogP contribution in [0, 0.1) is 0 Å². The van der Waals surface area contributed by atoms with Crippen LogP contribution in [0.1, 0.15) is 5.82 Å². The predicted molar refractivity (Wildman–Crippen MR) is 63.5 cm³/mol. The smallest absolute Gasteiger partial charge is 0.181 e. The monoisotopic (exact) mass is 240 g/mol. The summed E-state index contributed by atoms with van der Waals surface area (Å²) in [5.74, 6) is 2.15. The highest BCUT2D eigenvalue weighted by Crippen LogP contribution is 2.18. The van der Waals surface area contributed by atoms with Crippen molar-refractivity contribution in [1.29, 1.82) is 0 Å². The molecule has 2 rings (SSSR count). The fraction of sp³-hybridized carbons (Fsp3) is 0.200. The minimum absolute atomic E-state index is 0. The first-order valence-electron chi connectivity index (χ1n) is 4.59. The van der Waals surface area contributed by atoms with E-state index in [0.29, 0.717) is 18.2 Å². The van der Waals surface area contributed by atoms with Gasteiger partial charge in [0.05, 0.1) is 13.7 Å². The van der Waals surface area contributed by atoms with Gasteiger partial charge in [0.1, 0.15) is 11.6 Å². The summed E-state index contributed by atoms with van der Waals surface area (Å²) in [6.07, 6.45) is 0. The minimum Gasteiger partial charge on any atom is -0.497 e. The van der Waals surface area contributed by atoms with Crippen LogP contribution >= 0.6 is 12.4 Å². The molecular formula is C10H13ClN4O. The quantitative estimate of drug-likeness (QED) is 0.849. The van der Waals surface area contributed by atoms with Crippen LogP contribution in [0.2, 0.25) is 0 Å². The van der Waals surface area contributed by atoms with Crippen LogP contribution in [-0.2, 0) is 6.54 Å². The Morgan fingerprint density at radius 2 is 2.00 bits per heavy atom. The Hall–Kier alpha value is -1.59. The summed E-state index contributed by atoms with van der Waals surface area (Å²) < 4.78 is 5.06. The molecule has 0 bridgehead atoms. The maximum Gasteiger partial charge on any atom is 0.181 e. The van der Waals surface area contributed by atoms with Crippen molar-refractivity contribution in [2.75, 3.05) is 7.11 Å². The van der Waals surface area contributed by atoms with E-state index < -0.39 is 0 Å². The molecule has 0 aliphatic carbocycles. The summed E-state index contributed by atoms with van der Waals surface area (Å²) in [7, 11) is 1.63. The third kappa shape index (κ3) is 2.50. The van der Waals surface area contributed by atoms with Gasteiger partial charge < -0.3 is 10.5 Å². The topological polar surface area (TPSA) is 76.8 Å². The van der Waals surface area contributed by atoms with E-state index in [4.69, 9.17) is 10.5 Å². The molecule has 0 saturated carbocycles. The molecule has 1 heterocycles. The van der Waals surface area contributed by atoms with Gasteiger partial charge >= 0.3 is 0 Å². The molecule has 0 unspecified atom stereocenters. The Morgan fingerprint density at radius 3 is 2.50 bits per heavy atom. The molecule has 86 valence electrons. The maximum atomic E-state index is 5.43. The summed E-state index contributed by atoms with van der Waals surface area (Å²) in [4.78, 5) is 4.22. The number of ether oxygens (including phenoxy) is 1. The Kier molecular flexibility index (Phi) is 4.28. The lowest BCUT2D eigenvalue weighted by atomic mass is 10.2. The molecule has 0 spiro atoms. The molecular weight excluding hydrogens is 228 g/mol. The number of benzene rings is 1. The van der Waals surface area contributed by atoms with Gasteiger partial charge in [0.15, 0.2) is 5.82 Å². The number of H-pyrrole nitrogens is 1. The van der Waals surface area contributed by atoms with Gasteiger partial charge in [-0.15, -0.1) is 12.4 Å². The van der Waals surface area contributed by atoms with Crippen molar-refractivity contribution in [1.82, 2.24) is 15.2 Å². The number of nitrogens with zero attached hydrogens (tertiary/aromatic N) is 2. The normalized spacial score (nSPS) is 9.62. The fourth-order valence-corrected chi connectivity index (χ4v) is 1.26. The average molecular weight is 241 g/mol. The van der Waals surface area contributed by atoms with Crippen molar-refractivity contribution in [2.45, 2.75) is 6.54 Å². The Balaban J connectivity index is 0.00000128. The third-order valence-corrected chi connectivity index (χ3v) is 2.07. The largest absolute Gasteiger partial charge is 0.497 e. The van der Waals surface area contributed by atoms with Crippen LogP contribution < -0.4 is 10.5 Å². The van der Waals surface area contributed by atoms with Crippen LogP contribution in [0.4, 0.5) is 0 Å². The molecule has 0 aliphatic rings. The van der Waals surface area contributed by atoms with Crippen LogP contribution in [0.25, 0.3) is 11.4 Å². The number of rotatable bonds is 3. The zero-order valence-electron chi connectivity index (χ0n) is 8.80. The number of halogens is 1. The van der Waals surface area contributed by atoms with Crippen molar-refractivity contribution < 1.29 is 4.74 Å². The minimum atomic E-state index is 0. The molecule has 1 aromatic heterocycles. The van der Waals surface area contributed by atoms with Crippen molar-refractivity contribution in [3.8, 4) is 17.1 Å². The van der Waals surface area contributed by atoms with Crippen LogP contribution in [0.5, 0.6) is 5.75 Å².